The van der Waals surface area contributed by atoms with E-state index in [0.29, 0.717) is 10.6 Å². The molecule has 0 aromatic carbocycles. The van der Waals surface area contributed by atoms with Crippen LogP contribution in [0.5, 0.6) is 0 Å². The predicted molar refractivity (Wildman–Crippen MR) is 78.7 cm³/mol. The molecule has 1 N–H and O–H groups in total. The van der Waals surface area contributed by atoms with E-state index in [1.54, 1.807) is 11.4 Å². The molecule has 108 valence electrons. The second-order valence-corrected chi connectivity index (χ2v) is 6.07. The summed E-state index contributed by atoms with van der Waals surface area (Å²) in [5, 5.41) is 14.2. The van der Waals surface area contributed by atoms with E-state index in [2.05, 4.69) is 16.3 Å². The Hall–Kier alpha value is -1.42. The topological polar surface area (TPSA) is 65.4 Å². The Balaban J connectivity index is 2.00. The van der Waals surface area contributed by atoms with Crippen LogP contribution in [0.1, 0.15) is 26.3 Å². The lowest BCUT2D eigenvalue weighted by Crippen LogP contribution is -2.52. The van der Waals surface area contributed by atoms with Crippen molar-refractivity contribution in [3.63, 3.8) is 0 Å². The summed E-state index contributed by atoms with van der Waals surface area (Å²) >= 11 is 1.37. The van der Waals surface area contributed by atoms with Gasteiger partial charge in [0.05, 0.1) is 23.8 Å². The summed E-state index contributed by atoms with van der Waals surface area (Å²) in [7, 11) is 0. The van der Waals surface area contributed by atoms with Crippen LogP contribution in [0.15, 0.2) is 11.4 Å². The van der Waals surface area contributed by atoms with Crippen LogP contribution in [-0.4, -0.2) is 42.1 Å². The van der Waals surface area contributed by atoms with Crippen molar-refractivity contribution in [1.82, 2.24) is 4.90 Å². The van der Waals surface area contributed by atoms with E-state index >= 15 is 0 Å². The third-order valence-electron chi connectivity index (χ3n) is 3.40. The van der Waals surface area contributed by atoms with Crippen molar-refractivity contribution < 1.29 is 9.53 Å². The average molecular weight is 293 g/mol. The van der Waals surface area contributed by atoms with Gasteiger partial charge in [-0.05, 0) is 32.2 Å². The quantitative estimate of drug-likeness (QED) is 0.926. The van der Waals surface area contributed by atoms with Crippen molar-refractivity contribution in [2.75, 3.05) is 18.4 Å². The van der Waals surface area contributed by atoms with E-state index in [9.17, 15) is 4.79 Å². The molecule has 0 bridgehead atoms. The molecule has 0 spiro atoms. The number of thiophene rings is 1. The highest BCUT2D eigenvalue weighted by molar-refractivity contribution is 7.14. The molecule has 1 fully saturated rings. The fourth-order valence-corrected chi connectivity index (χ4v) is 3.15. The maximum absolute atomic E-state index is 12.3. The SMILES string of the molecule is C[C@@H]1CN([C@@H](C)C(=O)Nc2sccc2C#N)C[C@H](C)O1. The Kier molecular flexibility index (Phi) is 4.76. The average Bonchev–Trinajstić information content (AvgIpc) is 2.83. The van der Waals surface area contributed by atoms with Gasteiger partial charge in [0.2, 0.25) is 5.91 Å². The van der Waals surface area contributed by atoms with Crippen LogP contribution in [-0.2, 0) is 9.53 Å². The van der Waals surface area contributed by atoms with Crippen molar-refractivity contribution in [2.45, 2.75) is 39.0 Å². The van der Waals surface area contributed by atoms with Crippen molar-refractivity contribution in [3.05, 3.63) is 17.0 Å². The third-order valence-corrected chi connectivity index (χ3v) is 4.23. The molecule has 1 aromatic heterocycles. The van der Waals surface area contributed by atoms with Gasteiger partial charge in [-0.3, -0.25) is 9.69 Å². The van der Waals surface area contributed by atoms with Gasteiger partial charge in [-0.25, -0.2) is 0 Å². The Bertz CT molecular complexity index is 513. The number of nitriles is 1. The molecule has 5 nitrogen and oxygen atoms in total. The van der Waals surface area contributed by atoms with E-state index in [0.717, 1.165) is 13.1 Å². The Morgan fingerprint density at radius 3 is 2.80 bits per heavy atom. The lowest BCUT2D eigenvalue weighted by atomic mass is 10.1. The minimum absolute atomic E-state index is 0.0785. The van der Waals surface area contributed by atoms with Crippen LogP contribution < -0.4 is 5.32 Å². The van der Waals surface area contributed by atoms with Crippen LogP contribution in [0.4, 0.5) is 5.00 Å². The summed E-state index contributed by atoms with van der Waals surface area (Å²) in [5.41, 5.74) is 0.513. The van der Waals surface area contributed by atoms with E-state index in [-0.39, 0.29) is 24.2 Å². The number of ether oxygens (including phenoxy) is 1. The van der Waals surface area contributed by atoms with Gasteiger partial charge in [0.25, 0.3) is 0 Å². The maximum atomic E-state index is 12.3. The van der Waals surface area contributed by atoms with E-state index in [4.69, 9.17) is 10.00 Å². The molecular weight excluding hydrogens is 274 g/mol. The summed E-state index contributed by atoms with van der Waals surface area (Å²) in [6, 6.07) is 3.55. The van der Waals surface area contributed by atoms with E-state index in [1.807, 2.05) is 20.8 Å². The first-order valence-corrected chi connectivity index (χ1v) is 7.57. The molecule has 1 aliphatic rings. The summed E-state index contributed by atoms with van der Waals surface area (Å²) < 4.78 is 5.67. The lowest BCUT2D eigenvalue weighted by molar-refractivity contribution is -0.126. The van der Waals surface area contributed by atoms with Crippen molar-refractivity contribution in [1.29, 1.82) is 5.26 Å². The Morgan fingerprint density at radius 1 is 1.55 bits per heavy atom. The fourth-order valence-electron chi connectivity index (χ4n) is 2.41. The first kappa shape index (κ1) is 15.0. The molecule has 1 aromatic rings. The van der Waals surface area contributed by atoms with E-state index in [1.165, 1.54) is 11.3 Å². The van der Waals surface area contributed by atoms with Crippen molar-refractivity contribution >= 4 is 22.2 Å². The van der Waals surface area contributed by atoms with Crippen molar-refractivity contribution in [2.24, 2.45) is 0 Å². The molecule has 0 unspecified atom stereocenters. The number of carbonyl (C=O) groups excluding carboxylic acids is 1. The number of nitrogens with one attached hydrogen (secondary N) is 1. The van der Waals surface area contributed by atoms with Gasteiger partial charge in [-0.2, -0.15) is 5.26 Å². The largest absolute Gasteiger partial charge is 0.373 e. The molecule has 2 heterocycles. The number of morpholine rings is 1. The zero-order chi connectivity index (χ0) is 14.7. The first-order valence-electron chi connectivity index (χ1n) is 6.69. The normalized spacial score (nSPS) is 24.9. The third kappa shape index (κ3) is 3.37. The van der Waals surface area contributed by atoms with Crippen LogP contribution >= 0.6 is 11.3 Å². The number of amides is 1. The lowest BCUT2D eigenvalue weighted by Gasteiger charge is -2.38. The first-order chi connectivity index (χ1) is 9.51. The number of carbonyl (C=O) groups is 1. The number of rotatable bonds is 3. The van der Waals surface area contributed by atoms with Gasteiger partial charge >= 0.3 is 0 Å². The maximum Gasteiger partial charge on any atom is 0.242 e. The highest BCUT2D eigenvalue weighted by Crippen LogP contribution is 2.23. The Labute approximate surface area is 123 Å². The minimum atomic E-state index is -0.238. The monoisotopic (exact) mass is 293 g/mol. The molecule has 0 saturated carbocycles. The number of nitrogens with zero attached hydrogens (tertiary/aromatic N) is 2. The molecule has 0 radical (unpaired) electrons. The van der Waals surface area contributed by atoms with Crippen molar-refractivity contribution in [3.8, 4) is 6.07 Å². The van der Waals surface area contributed by atoms with Crippen LogP contribution in [0, 0.1) is 11.3 Å². The molecule has 1 aliphatic heterocycles. The van der Waals surface area contributed by atoms with Gasteiger partial charge in [0.15, 0.2) is 0 Å². The van der Waals surface area contributed by atoms with Crippen LogP contribution in [0.3, 0.4) is 0 Å². The molecule has 20 heavy (non-hydrogen) atoms. The number of anilines is 1. The van der Waals surface area contributed by atoms with Gasteiger partial charge in [0, 0.05) is 13.1 Å². The molecule has 2 rings (SSSR count). The number of hydrogen-bond acceptors (Lipinski definition) is 5. The van der Waals surface area contributed by atoms with E-state index < -0.39 is 0 Å². The Morgan fingerprint density at radius 2 is 2.20 bits per heavy atom. The van der Waals surface area contributed by atoms with Crippen LogP contribution in [0.2, 0.25) is 0 Å². The highest BCUT2D eigenvalue weighted by atomic mass is 32.1. The molecule has 3 atom stereocenters. The second kappa shape index (κ2) is 6.35. The predicted octanol–water partition coefficient (Wildman–Crippen LogP) is 2.06. The summed E-state index contributed by atoms with van der Waals surface area (Å²) in [5.74, 6) is -0.0785. The van der Waals surface area contributed by atoms with Crippen LogP contribution in [0.25, 0.3) is 0 Å². The van der Waals surface area contributed by atoms with Gasteiger partial charge in [0.1, 0.15) is 11.1 Å². The fraction of sp³-hybridized carbons (Fsp3) is 0.571. The second-order valence-electron chi connectivity index (χ2n) is 5.15. The highest BCUT2D eigenvalue weighted by Gasteiger charge is 2.29. The standard InChI is InChI=1S/C14H19N3O2S/c1-9-7-17(8-10(2)19-9)11(3)13(18)16-14-12(6-15)4-5-20-14/h4-5,9-11H,7-8H2,1-3H3,(H,16,18)/t9-,10+,11-/m0/s1. The minimum Gasteiger partial charge on any atom is -0.373 e. The summed E-state index contributed by atoms with van der Waals surface area (Å²) in [6.07, 6.45) is 0.260. The zero-order valence-corrected chi connectivity index (χ0v) is 12.7. The van der Waals surface area contributed by atoms with Gasteiger partial charge in [-0.15, -0.1) is 11.3 Å². The molecule has 1 amide bonds. The summed E-state index contributed by atoms with van der Waals surface area (Å²) in [6.45, 7) is 7.41. The molecule has 6 heteroatoms. The summed E-state index contributed by atoms with van der Waals surface area (Å²) in [4.78, 5) is 14.4. The smallest absolute Gasteiger partial charge is 0.242 e. The number of hydrogen-bond donors (Lipinski definition) is 1. The molecular formula is C14H19N3O2S. The molecule has 1 saturated heterocycles. The van der Waals surface area contributed by atoms with Gasteiger partial charge < -0.3 is 10.1 Å². The van der Waals surface area contributed by atoms with Gasteiger partial charge in [-0.1, -0.05) is 0 Å². The molecule has 0 aliphatic carbocycles. The zero-order valence-electron chi connectivity index (χ0n) is 11.9.